The summed E-state index contributed by atoms with van der Waals surface area (Å²) < 4.78 is 6.20. The van der Waals surface area contributed by atoms with E-state index in [0.717, 1.165) is 20.3 Å². The Morgan fingerprint density at radius 3 is 3.06 bits per heavy atom. The van der Waals surface area contributed by atoms with Crippen molar-refractivity contribution in [1.29, 1.82) is 0 Å². The molecule has 0 spiro atoms. The van der Waals surface area contributed by atoms with Crippen molar-refractivity contribution in [1.82, 2.24) is 0 Å². The first-order valence-corrected chi connectivity index (χ1v) is 6.46. The molecule has 0 bridgehead atoms. The van der Waals surface area contributed by atoms with Gasteiger partial charge in [-0.3, -0.25) is 4.79 Å². The van der Waals surface area contributed by atoms with Crippen LogP contribution in [0.4, 0.5) is 0 Å². The molecule has 0 fully saturated rings. The molecule has 0 amide bonds. The Morgan fingerprint density at radius 1 is 1.50 bits per heavy atom. The molecular formula is C11H9BrO3S. The van der Waals surface area contributed by atoms with E-state index in [0.29, 0.717) is 5.75 Å². The SMILES string of the molecule is O=C(O)CCSc1cc2ccoc2cc1Br. The van der Waals surface area contributed by atoms with Crippen LogP contribution in [0.3, 0.4) is 0 Å². The van der Waals surface area contributed by atoms with E-state index >= 15 is 0 Å². The van der Waals surface area contributed by atoms with Crippen molar-refractivity contribution in [2.24, 2.45) is 0 Å². The predicted molar refractivity (Wildman–Crippen MR) is 66.9 cm³/mol. The van der Waals surface area contributed by atoms with Crippen molar-refractivity contribution in [3.63, 3.8) is 0 Å². The average Bonchev–Trinajstić information content (AvgIpc) is 2.64. The molecule has 16 heavy (non-hydrogen) atoms. The molecule has 0 saturated heterocycles. The first kappa shape index (κ1) is 11.5. The number of furan rings is 1. The maximum absolute atomic E-state index is 10.4. The lowest BCUT2D eigenvalue weighted by Gasteiger charge is -2.03. The van der Waals surface area contributed by atoms with Crippen molar-refractivity contribution < 1.29 is 14.3 Å². The standard InChI is InChI=1S/C11H9BrO3S/c12-8-6-9-7(1-3-15-9)5-10(8)16-4-2-11(13)14/h1,3,5-6H,2,4H2,(H,13,14). The second kappa shape index (κ2) is 4.93. The van der Waals surface area contributed by atoms with Gasteiger partial charge in [0.25, 0.3) is 0 Å². The summed E-state index contributed by atoms with van der Waals surface area (Å²) in [6, 6.07) is 5.79. The quantitative estimate of drug-likeness (QED) is 0.874. The number of fused-ring (bicyclic) bond motifs is 1. The molecule has 1 aromatic carbocycles. The van der Waals surface area contributed by atoms with Gasteiger partial charge < -0.3 is 9.52 Å². The molecule has 0 aliphatic carbocycles. The zero-order valence-electron chi connectivity index (χ0n) is 8.27. The Labute approximate surface area is 105 Å². The largest absolute Gasteiger partial charge is 0.481 e. The molecule has 0 atom stereocenters. The van der Waals surface area contributed by atoms with E-state index in [-0.39, 0.29) is 6.42 Å². The van der Waals surface area contributed by atoms with Gasteiger partial charge in [-0.1, -0.05) is 0 Å². The molecule has 84 valence electrons. The third kappa shape index (κ3) is 2.59. The molecule has 0 radical (unpaired) electrons. The average molecular weight is 301 g/mol. The Hall–Kier alpha value is -0.940. The van der Waals surface area contributed by atoms with Gasteiger partial charge in [0.05, 0.1) is 12.7 Å². The molecule has 0 aliphatic heterocycles. The summed E-state index contributed by atoms with van der Waals surface area (Å²) in [6.45, 7) is 0. The number of aliphatic carboxylic acids is 1. The highest BCUT2D eigenvalue weighted by molar-refractivity contribution is 9.10. The fourth-order valence-electron chi connectivity index (χ4n) is 1.32. The van der Waals surface area contributed by atoms with E-state index in [4.69, 9.17) is 9.52 Å². The number of carbonyl (C=O) groups is 1. The van der Waals surface area contributed by atoms with Gasteiger partial charge in [0.15, 0.2) is 0 Å². The monoisotopic (exact) mass is 300 g/mol. The lowest BCUT2D eigenvalue weighted by Crippen LogP contribution is -1.95. The van der Waals surface area contributed by atoms with Crippen molar-refractivity contribution >= 4 is 44.6 Å². The molecule has 5 heteroatoms. The van der Waals surface area contributed by atoms with Gasteiger partial charge in [0.2, 0.25) is 0 Å². The van der Waals surface area contributed by atoms with Crippen LogP contribution in [0.2, 0.25) is 0 Å². The molecular weight excluding hydrogens is 292 g/mol. The number of thioether (sulfide) groups is 1. The van der Waals surface area contributed by atoms with Crippen LogP contribution < -0.4 is 0 Å². The number of rotatable bonds is 4. The number of hydrogen-bond donors (Lipinski definition) is 1. The zero-order valence-corrected chi connectivity index (χ0v) is 10.7. The van der Waals surface area contributed by atoms with Crippen LogP contribution >= 0.6 is 27.7 Å². The Bertz CT molecular complexity index is 521. The summed E-state index contributed by atoms with van der Waals surface area (Å²) >= 11 is 4.97. The van der Waals surface area contributed by atoms with E-state index < -0.39 is 5.97 Å². The summed E-state index contributed by atoms with van der Waals surface area (Å²) in [5.41, 5.74) is 0.828. The van der Waals surface area contributed by atoms with Crippen molar-refractivity contribution in [3.05, 3.63) is 28.9 Å². The molecule has 1 aromatic heterocycles. The normalized spacial score (nSPS) is 10.8. The molecule has 0 saturated carbocycles. The van der Waals surface area contributed by atoms with E-state index in [1.807, 2.05) is 18.2 Å². The highest BCUT2D eigenvalue weighted by atomic mass is 79.9. The number of carboxylic acids is 1. The van der Waals surface area contributed by atoms with Gasteiger partial charge >= 0.3 is 5.97 Å². The second-order valence-electron chi connectivity index (χ2n) is 3.23. The maximum Gasteiger partial charge on any atom is 0.304 e. The van der Waals surface area contributed by atoms with E-state index in [2.05, 4.69) is 15.9 Å². The summed E-state index contributed by atoms with van der Waals surface area (Å²) in [4.78, 5) is 11.4. The summed E-state index contributed by atoms with van der Waals surface area (Å²) in [7, 11) is 0. The molecule has 0 aliphatic rings. The van der Waals surface area contributed by atoms with Crippen molar-refractivity contribution in [2.45, 2.75) is 11.3 Å². The van der Waals surface area contributed by atoms with E-state index in [1.54, 1.807) is 6.26 Å². The van der Waals surface area contributed by atoms with Crippen LogP contribution in [0.15, 0.2) is 38.2 Å². The molecule has 3 nitrogen and oxygen atoms in total. The Kier molecular flexibility index (Phi) is 3.56. The minimum absolute atomic E-state index is 0.167. The van der Waals surface area contributed by atoms with Gasteiger partial charge in [-0.05, 0) is 34.1 Å². The number of hydrogen-bond acceptors (Lipinski definition) is 3. The Balaban J connectivity index is 2.16. The Morgan fingerprint density at radius 2 is 2.31 bits per heavy atom. The molecule has 1 heterocycles. The smallest absolute Gasteiger partial charge is 0.304 e. The summed E-state index contributed by atoms with van der Waals surface area (Å²) in [5.74, 6) is -0.204. The van der Waals surface area contributed by atoms with Gasteiger partial charge in [0, 0.05) is 20.5 Å². The van der Waals surface area contributed by atoms with Crippen LogP contribution in [-0.4, -0.2) is 16.8 Å². The molecule has 2 aromatic rings. The summed E-state index contributed by atoms with van der Waals surface area (Å²) in [6.07, 6.45) is 1.81. The van der Waals surface area contributed by atoms with Crippen LogP contribution in [-0.2, 0) is 4.79 Å². The third-order valence-corrected chi connectivity index (χ3v) is 4.06. The topological polar surface area (TPSA) is 50.4 Å². The number of halogens is 1. The van der Waals surface area contributed by atoms with Crippen LogP contribution in [0.5, 0.6) is 0 Å². The van der Waals surface area contributed by atoms with E-state index in [9.17, 15) is 4.79 Å². The van der Waals surface area contributed by atoms with E-state index in [1.165, 1.54) is 11.8 Å². The fourth-order valence-corrected chi connectivity index (χ4v) is 2.89. The maximum atomic E-state index is 10.4. The van der Waals surface area contributed by atoms with Crippen LogP contribution in [0, 0.1) is 0 Å². The summed E-state index contributed by atoms with van der Waals surface area (Å²) in [5, 5.41) is 9.59. The molecule has 1 N–H and O–H groups in total. The van der Waals surface area contributed by atoms with Gasteiger partial charge in [0.1, 0.15) is 5.58 Å². The third-order valence-electron chi connectivity index (χ3n) is 2.08. The van der Waals surface area contributed by atoms with Gasteiger partial charge in [-0.15, -0.1) is 11.8 Å². The molecule has 2 rings (SSSR count). The van der Waals surface area contributed by atoms with Crippen molar-refractivity contribution in [2.75, 3.05) is 5.75 Å². The van der Waals surface area contributed by atoms with Crippen molar-refractivity contribution in [3.8, 4) is 0 Å². The lowest BCUT2D eigenvalue weighted by atomic mass is 10.3. The predicted octanol–water partition coefficient (Wildman–Crippen LogP) is 3.76. The first-order valence-electron chi connectivity index (χ1n) is 4.68. The highest BCUT2D eigenvalue weighted by Gasteiger charge is 2.06. The van der Waals surface area contributed by atoms with Gasteiger partial charge in [-0.25, -0.2) is 0 Å². The molecule has 0 unspecified atom stereocenters. The zero-order chi connectivity index (χ0) is 11.5. The van der Waals surface area contributed by atoms with Crippen LogP contribution in [0.25, 0.3) is 11.0 Å². The minimum atomic E-state index is -0.770. The van der Waals surface area contributed by atoms with Crippen LogP contribution in [0.1, 0.15) is 6.42 Å². The minimum Gasteiger partial charge on any atom is -0.481 e. The lowest BCUT2D eigenvalue weighted by molar-refractivity contribution is -0.136. The number of benzene rings is 1. The number of carboxylic acid groups (broad SMARTS) is 1. The van der Waals surface area contributed by atoms with Gasteiger partial charge in [-0.2, -0.15) is 0 Å². The first-order chi connectivity index (χ1) is 7.66. The highest BCUT2D eigenvalue weighted by Crippen LogP contribution is 2.32. The fraction of sp³-hybridized carbons (Fsp3) is 0.182. The second-order valence-corrected chi connectivity index (χ2v) is 5.22.